The smallest absolute Gasteiger partial charge is 0.266 e. The molecule has 2 N–H and O–H groups in total. The van der Waals surface area contributed by atoms with E-state index in [1.165, 1.54) is 12.1 Å². The number of anilines is 1. The summed E-state index contributed by atoms with van der Waals surface area (Å²) < 4.78 is 0. The van der Waals surface area contributed by atoms with Crippen LogP contribution < -0.4 is 5.32 Å². The fourth-order valence-corrected chi connectivity index (χ4v) is 1.77. The summed E-state index contributed by atoms with van der Waals surface area (Å²) in [6, 6.07) is 14.8. The number of nitrogens with zero attached hydrogens (tertiary/aromatic N) is 1. The molecule has 2 aromatic carbocycles. The van der Waals surface area contributed by atoms with E-state index in [2.05, 4.69) is 5.32 Å². The number of aromatic hydroxyl groups is 1. The van der Waals surface area contributed by atoms with Crippen molar-refractivity contribution in [2.75, 3.05) is 5.32 Å². The highest BCUT2D eigenvalue weighted by molar-refractivity contribution is 6.30. The number of para-hydroxylation sites is 1. The summed E-state index contributed by atoms with van der Waals surface area (Å²) in [5.74, 6) is -0.549. The van der Waals surface area contributed by atoms with E-state index in [9.17, 15) is 9.90 Å². The van der Waals surface area contributed by atoms with Gasteiger partial charge in [0.1, 0.15) is 17.4 Å². The second-order valence-corrected chi connectivity index (χ2v) is 4.63. The van der Waals surface area contributed by atoms with Gasteiger partial charge in [0.25, 0.3) is 5.91 Å². The lowest BCUT2D eigenvalue weighted by molar-refractivity contribution is -0.112. The van der Waals surface area contributed by atoms with E-state index in [1.54, 1.807) is 42.5 Å². The number of carbonyl (C=O) groups is 1. The molecule has 0 radical (unpaired) electrons. The largest absolute Gasteiger partial charge is 0.507 e. The molecular formula is C16H11ClN2O2. The van der Waals surface area contributed by atoms with Crippen LogP contribution in [0.1, 0.15) is 5.56 Å². The number of rotatable bonds is 3. The minimum absolute atomic E-state index is 0.00421. The first-order valence-corrected chi connectivity index (χ1v) is 6.44. The number of amides is 1. The van der Waals surface area contributed by atoms with Gasteiger partial charge < -0.3 is 10.4 Å². The SMILES string of the molecule is N#C/C(=C\c1ccccc1O)C(=O)Nc1ccc(Cl)cc1. The van der Waals surface area contributed by atoms with Gasteiger partial charge in [-0.3, -0.25) is 4.79 Å². The fourth-order valence-electron chi connectivity index (χ4n) is 1.65. The molecule has 0 fully saturated rings. The lowest BCUT2D eigenvalue weighted by Crippen LogP contribution is -2.13. The molecule has 0 aliphatic carbocycles. The van der Waals surface area contributed by atoms with Crippen molar-refractivity contribution < 1.29 is 9.90 Å². The molecular weight excluding hydrogens is 288 g/mol. The van der Waals surface area contributed by atoms with E-state index in [-0.39, 0.29) is 11.3 Å². The first-order valence-electron chi connectivity index (χ1n) is 6.07. The summed E-state index contributed by atoms with van der Waals surface area (Å²) in [7, 11) is 0. The maximum absolute atomic E-state index is 12.0. The molecule has 0 atom stereocenters. The topological polar surface area (TPSA) is 73.1 Å². The first kappa shape index (κ1) is 14.6. The Morgan fingerprint density at radius 1 is 1.19 bits per heavy atom. The van der Waals surface area contributed by atoms with Crippen LogP contribution in [0.3, 0.4) is 0 Å². The molecule has 0 bridgehead atoms. The number of halogens is 1. The summed E-state index contributed by atoms with van der Waals surface area (Å²) in [5, 5.41) is 21.9. The molecule has 5 heteroatoms. The zero-order valence-corrected chi connectivity index (χ0v) is 11.6. The quantitative estimate of drug-likeness (QED) is 0.672. The molecule has 21 heavy (non-hydrogen) atoms. The number of carbonyl (C=O) groups excluding carboxylic acids is 1. The van der Waals surface area contributed by atoms with Crippen LogP contribution in [0.4, 0.5) is 5.69 Å². The minimum atomic E-state index is -0.553. The Morgan fingerprint density at radius 2 is 1.86 bits per heavy atom. The number of hydrogen-bond donors (Lipinski definition) is 2. The van der Waals surface area contributed by atoms with Crippen molar-refractivity contribution in [2.45, 2.75) is 0 Å². The van der Waals surface area contributed by atoms with Crippen LogP contribution in [0, 0.1) is 11.3 Å². The Morgan fingerprint density at radius 3 is 2.48 bits per heavy atom. The lowest BCUT2D eigenvalue weighted by atomic mass is 10.1. The molecule has 0 heterocycles. The molecule has 0 aliphatic heterocycles. The van der Waals surface area contributed by atoms with Gasteiger partial charge in [0, 0.05) is 16.3 Å². The summed E-state index contributed by atoms with van der Waals surface area (Å²) in [6.45, 7) is 0. The van der Waals surface area contributed by atoms with Gasteiger partial charge in [-0.2, -0.15) is 5.26 Å². The number of benzene rings is 2. The van der Waals surface area contributed by atoms with Crippen molar-refractivity contribution in [3.63, 3.8) is 0 Å². The molecule has 2 rings (SSSR count). The third-order valence-corrected chi connectivity index (χ3v) is 2.96. The molecule has 0 saturated heterocycles. The van der Waals surface area contributed by atoms with Crippen LogP contribution in [-0.4, -0.2) is 11.0 Å². The van der Waals surface area contributed by atoms with Gasteiger partial charge in [0.05, 0.1) is 0 Å². The Kier molecular flexibility index (Phi) is 4.60. The molecule has 0 saturated carbocycles. The molecule has 104 valence electrons. The van der Waals surface area contributed by atoms with Crippen molar-refractivity contribution in [3.8, 4) is 11.8 Å². The molecule has 4 nitrogen and oxygen atoms in total. The molecule has 0 aromatic heterocycles. The van der Waals surface area contributed by atoms with E-state index < -0.39 is 5.91 Å². The van der Waals surface area contributed by atoms with Crippen molar-refractivity contribution in [1.82, 2.24) is 0 Å². The van der Waals surface area contributed by atoms with Gasteiger partial charge in [0.15, 0.2) is 0 Å². The zero-order valence-electron chi connectivity index (χ0n) is 10.9. The Labute approximate surface area is 126 Å². The molecule has 0 aliphatic rings. The second-order valence-electron chi connectivity index (χ2n) is 4.19. The van der Waals surface area contributed by atoms with Crippen LogP contribution >= 0.6 is 11.6 Å². The number of nitriles is 1. The van der Waals surface area contributed by atoms with Gasteiger partial charge >= 0.3 is 0 Å². The first-order chi connectivity index (χ1) is 10.1. The van der Waals surface area contributed by atoms with Crippen LogP contribution in [0.2, 0.25) is 5.02 Å². The predicted octanol–water partition coefficient (Wildman–Crippen LogP) is 3.59. The number of phenols is 1. The maximum Gasteiger partial charge on any atom is 0.266 e. The zero-order chi connectivity index (χ0) is 15.2. The van der Waals surface area contributed by atoms with E-state index in [1.807, 2.05) is 6.07 Å². The van der Waals surface area contributed by atoms with E-state index in [0.717, 1.165) is 0 Å². The second kappa shape index (κ2) is 6.60. The van der Waals surface area contributed by atoms with E-state index in [0.29, 0.717) is 16.3 Å². The molecule has 0 spiro atoms. The highest BCUT2D eigenvalue weighted by atomic mass is 35.5. The fraction of sp³-hybridized carbons (Fsp3) is 0. The van der Waals surface area contributed by atoms with Gasteiger partial charge in [-0.15, -0.1) is 0 Å². The van der Waals surface area contributed by atoms with Crippen LogP contribution in [0.5, 0.6) is 5.75 Å². The van der Waals surface area contributed by atoms with Crippen molar-refractivity contribution in [2.24, 2.45) is 0 Å². The average Bonchev–Trinajstić information content (AvgIpc) is 2.48. The number of phenolic OH excluding ortho intramolecular Hbond substituents is 1. The van der Waals surface area contributed by atoms with Crippen LogP contribution in [0.25, 0.3) is 6.08 Å². The lowest BCUT2D eigenvalue weighted by Gasteiger charge is -2.04. The van der Waals surface area contributed by atoms with Crippen molar-refractivity contribution in [3.05, 3.63) is 64.7 Å². The van der Waals surface area contributed by atoms with Gasteiger partial charge in [0.2, 0.25) is 0 Å². The minimum Gasteiger partial charge on any atom is -0.507 e. The summed E-state index contributed by atoms with van der Waals surface area (Å²) in [6.07, 6.45) is 1.33. The van der Waals surface area contributed by atoms with Crippen LogP contribution in [0.15, 0.2) is 54.1 Å². The summed E-state index contributed by atoms with van der Waals surface area (Å²) >= 11 is 5.76. The predicted molar refractivity (Wildman–Crippen MR) is 81.8 cm³/mol. The van der Waals surface area contributed by atoms with E-state index >= 15 is 0 Å². The van der Waals surface area contributed by atoms with E-state index in [4.69, 9.17) is 16.9 Å². The third kappa shape index (κ3) is 3.85. The molecule has 0 unspecified atom stereocenters. The standard InChI is InChI=1S/C16H11ClN2O2/c17-13-5-7-14(8-6-13)19-16(21)12(10-18)9-11-3-1-2-4-15(11)20/h1-9,20H,(H,19,21)/b12-9+. The normalized spacial score (nSPS) is 10.8. The Balaban J connectivity index is 2.22. The third-order valence-electron chi connectivity index (χ3n) is 2.70. The van der Waals surface area contributed by atoms with Crippen molar-refractivity contribution in [1.29, 1.82) is 5.26 Å². The highest BCUT2D eigenvalue weighted by Gasteiger charge is 2.10. The Bertz CT molecular complexity index is 731. The van der Waals surface area contributed by atoms with Crippen molar-refractivity contribution >= 4 is 29.3 Å². The maximum atomic E-state index is 12.0. The van der Waals surface area contributed by atoms with Gasteiger partial charge in [-0.25, -0.2) is 0 Å². The van der Waals surface area contributed by atoms with Crippen LogP contribution in [-0.2, 0) is 4.79 Å². The Hall–Kier alpha value is -2.77. The highest BCUT2D eigenvalue weighted by Crippen LogP contribution is 2.20. The summed E-state index contributed by atoms with van der Waals surface area (Å²) in [5.41, 5.74) is 0.828. The molecule has 2 aromatic rings. The van der Waals surface area contributed by atoms with Gasteiger partial charge in [-0.05, 0) is 36.4 Å². The molecule has 1 amide bonds. The monoisotopic (exact) mass is 298 g/mol. The number of hydrogen-bond acceptors (Lipinski definition) is 3. The van der Waals surface area contributed by atoms with Gasteiger partial charge in [-0.1, -0.05) is 29.8 Å². The number of nitrogens with one attached hydrogen (secondary N) is 1. The average molecular weight is 299 g/mol. The summed E-state index contributed by atoms with van der Waals surface area (Å²) in [4.78, 5) is 12.0.